The maximum absolute atomic E-state index is 5.15. The molecule has 1 heterocycles. The van der Waals surface area contributed by atoms with E-state index in [1.165, 1.54) is 0 Å². The van der Waals surface area contributed by atoms with Crippen LogP contribution in [0.3, 0.4) is 0 Å². The lowest BCUT2D eigenvalue weighted by Crippen LogP contribution is -2.04. The first-order chi connectivity index (χ1) is 7.33. The molecule has 2 rings (SSSR count). The molecule has 1 aromatic carbocycles. The molecule has 1 aromatic heterocycles. The van der Waals surface area contributed by atoms with Gasteiger partial charge in [0, 0.05) is 12.7 Å². The lowest BCUT2D eigenvalue weighted by atomic mass is 10.2. The first-order valence-corrected chi connectivity index (χ1v) is 5.66. The Morgan fingerprint density at radius 3 is 2.73 bits per heavy atom. The van der Waals surface area contributed by atoms with Gasteiger partial charge in [-0.3, -0.25) is 4.57 Å². The zero-order valence-corrected chi connectivity index (χ0v) is 10.5. The summed E-state index contributed by atoms with van der Waals surface area (Å²) < 4.78 is 8.26. The lowest BCUT2D eigenvalue weighted by Gasteiger charge is -2.07. The van der Waals surface area contributed by atoms with Gasteiger partial charge in [-0.15, -0.1) is 0 Å². The molecule has 0 radical (unpaired) electrons. The Bertz CT molecular complexity index is 439. The summed E-state index contributed by atoms with van der Waals surface area (Å²) >= 11 is 2.25. The standard InChI is InChI=1S/C11H11IN2O/c1-15-8-14-10(12)7-13-11(14)9-5-3-2-4-6-9/h2-7H,8H2,1H3. The molecule has 3 nitrogen and oxygen atoms in total. The molecular weight excluding hydrogens is 303 g/mol. The lowest BCUT2D eigenvalue weighted by molar-refractivity contribution is 0.130. The normalized spacial score (nSPS) is 10.5. The highest BCUT2D eigenvalue weighted by molar-refractivity contribution is 14.1. The van der Waals surface area contributed by atoms with Crippen LogP contribution in [0.4, 0.5) is 0 Å². The number of ether oxygens (including phenoxy) is 1. The summed E-state index contributed by atoms with van der Waals surface area (Å²) in [5, 5.41) is 0. The molecule has 0 saturated heterocycles. The van der Waals surface area contributed by atoms with Crippen LogP contribution >= 0.6 is 22.6 Å². The fourth-order valence-corrected chi connectivity index (χ4v) is 1.93. The summed E-state index contributed by atoms with van der Waals surface area (Å²) in [4.78, 5) is 4.38. The first-order valence-electron chi connectivity index (χ1n) is 4.58. The Hall–Kier alpha value is -0.880. The topological polar surface area (TPSA) is 27.1 Å². The van der Waals surface area contributed by atoms with Crippen molar-refractivity contribution in [1.29, 1.82) is 0 Å². The van der Waals surface area contributed by atoms with Gasteiger partial charge in [0.2, 0.25) is 0 Å². The molecule has 0 bridgehead atoms. The van der Waals surface area contributed by atoms with E-state index in [0.29, 0.717) is 6.73 Å². The van der Waals surface area contributed by atoms with Crippen LogP contribution in [0.2, 0.25) is 0 Å². The van der Waals surface area contributed by atoms with Crippen molar-refractivity contribution in [2.75, 3.05) is 7.11 Å². The minimum absolute atomic E-state index is 0.530. The van der Waals surface area contributed by atoms with Crippen LogP contribution in [0.1, 0.15) is 0 Å². The number of halogens is 1. The minimum atomic E-state index is 0.530. The van der Waals surface area contributed by atoms with Gasteiger partial charge in [-0.2, -0.15) is 0 Å². The molecule has 0 aliphatic heterocycles. The molecule has 0 fully saturated rings. The van der Waals surface area contributed by atoms with Gasteiger partial charge in [-0.1, -0.05) is 30.3 Å². The number of methoxy groups -OCH3 is 1. The van der Waals surface area contributed by atoms with Gasteiger partial charge >= 0.3 is 0 Å². The third-order valence-corrected chi connectivity index (χ3v) is 2.96. The quantitative estimate of drug-likeness (QED) is 0.815. The molecule has 0 aliphatic carbocycles. The van der Waals surface area contributed by atoms with Crippen LogP contribution in [0.5, 0.6) is 0 Å². The Labute approximate surface area is 102 Å². The van der Waals surface area contributed by atoms with E-state index < -0.39 is 0 Å². The summed E-state index contributed by atoms with van der Waals surface area (Å²) in [6, 6.07) is 10.1. The third kappa shape index (κ3) is 2.21. The van der Waals surface area contributed by atoms with Crippen LogP contribution in [0.25, 0.3) is 11.4 Å². The molecule has 0 atom stereocenters. The molecule has 15 heavy (non-hydrogen) atoms. The van der Waals surface area contributed by atoms with Crippen LogP contribution in [-0.4, -0.2) is 16.7 Å². The molecular formula is C11H11IN2O. The van der Waals surface area contributed by atoms with E-state index >= 15 is 0 Å². The van der Waals surface area contributed by atoms with Crippen LogP contribution in [0.15, 0.2) is 36.5 Å². The molecule has 0 amide bonds. The molecule has 0 spiro atoms. The van der Waals surface area contributed by atoms with Crippen molar-refractivity contribution >= 4 is 22.6 Å². The fraction of sp³-hybridized carbons (Fsp3) is 0.182. The van der Waals surface area contributed by atoms with E-state index in [1.807, 2.05) is 41.1 Å². The van der Waals surface area contributed by atoms with E-state index in [9.17, 15) is 0 Å². The third-order valence-electron chi connectivity index (χ3n) is 2.10. The average Bonchev–Trinajstić information content (AvgIpc) is 2.63. The summed E-state index contributed by atoms with van der Waals surface area (Å²) in [5.74, 6) is 0.946. The largest absolute Gasteiger partial charge is 0.364 e. The van der Waals surface area contributed by atoms with Gasteiger partial charge < -0.3 is 4.74 Å². The fourth-order valence-electron chi connectivity index (χ4n) is 1.42. The zero-order chi connectivity index (χ0) is 10.7. The number of aromatic nitrogens is 2. The van der Waals surface area contributed by atoms with E-state index in [-0.39, 0.29) is 0 Å². The predicted molar refractivity (Wildman–Crippen MR) is 67.4 cm³/mol. The molecule has 0 aliphatic rings. The molecule has 0 unspecified atom stereocenters. The van der Waals surface area contributed by atoms with E-state index in [1.54, 1.807) is 7.11 Å². The van der Waals surface area contributed by atoms with E-state index in [4.69, 9.17) is 4.74 Å². The van der Waals surface area contributed by atoms with Crippen molar-refractivity contribution in [3.05, 3.63) is 40.2 Å². The summed E-state index contributed by atoms with van der Waals surface area (Å²) in [6.45, 7) is 0.530. The maximum atomic E-state index is 5.15. The smallest absolute Gasteiger partial charge is 0.142 e. The Morgan fingerprint density at radius 1 is 1.33 bits per heavy atom. The van der Waals surface area contributed by atoms with Crippen molar-refractivity contribution < 1.29 is 4.74 Å². The minimum Gasteiger partial charge on any atom is -0.364 e. The molecule has 4 heteroatoms. The van der Waals surface area contributed by atoms with Gasteiger partial charge in [0.15, 0.2) is 0 Å². The van der Waals surface area contributed by atoms with Gasteiger partial charge in [0.25, 0.3) is 0 Å². The van der Waals surface area contributed by atoms with Gasteiger partial charge in [-0.05, 0) is 22.6 Å². The monoisotopic (exact) mass is 314 g/mol. The molecule has 78 valence electrons. The summed E-state index contributed by atoms with van der Waals surface area (Å²) in [5.41, 5.74) is 1.11. The van der Waals surface area contributed by atoms with Crippen LogP contribution < -0.4 is 0 Å². The number of hydrogen-bond donors (Lipinski definition) is 0. The van der Waals surface area contributed by atoms with Crippen molar-refractivity contribution in [2.24, 2.45) is 0 Å². The number of hydrogen-bond acceptors (Lipinski definition) is 2. The van der Waals surface area contributed by atoms with Crippen molar-refractivity contribution in [2.45, 2.75) is 6.73 Å². The second-order valence-electron chi connectivity index (χ2n) is 3.12. The Morgan fingerprint density at radius 2 is 2.07 bits per heavy atom. The SMILES string of the molecule is COCn1c(I)cnc1-c1ccccc1. The van der Waals surface area contributed by atoms with E-state index in [2.05, 4.69) is 27.6 Å². The second-order valence-corrected chi connectivity index (χ2v) is 4.22. The number of benzene rings is 1. The van der Waals surface area contributed by atoms with Crippen molar-refractivity contribution in [3.63, 3.8) is 0 Å². The number of imidazole rings is 1. The molecule has 0 saturated carbocycles. The van der Waals surface area contributed by atoms with Gasteiger partial charge in [0.1, 0.15) is 16.3 Å². The second kappa shape index (κ2) is 4.76. The first kappa shape index (κ1) is 10.6. The van der Waals surface area contributed by atoms with Crippen molar-refractivity contribution in [1.82, 2.24) is 9.55 Å². The maximum Gasteiger partial charge on any atom is 0.142 e. The Balaban J connectivity index is 2.44. The zero-order valence-electron chi connectivity index (χ0n) is 8.35. The highest BCUT2D eigenvalue weighted by atomic mass is 127. The highest BCUT2D eigenvalue weighted by Gasteiger charge is 2.08. The highest BCUT2D eigenvalue weighted by Crippen LogP contribution is 2.20. The van der Waals surface area contributed by atoms with Crippen LogP contribution in [-0.2, 0) is 11.5 Å². The molecule has 2 aromatic rings. The van der Waals surface area contributed by atoms with E-state index in [0.717, 1.165) is 15.1 Å². The predicted octanol–water partition coefficient (Wildman–Crippen LogP) is 2.76. The Kier molecular flexibility index (Phi) is 3.37. The summed E-state index contributed by atoms with van der Waals surface area (Å²) in [6.07, 6.45) is 1.85. The number of nitrogens with zero attached hydrogens (tertiary/aromatic N) is 2. The molecule has 0 N–H and O–H groups in total. The average molecular weight is 314 g/mol. The summed E-state index contributed by atoms with van der Waals surface area (Å²) in [7, 11) is 1.69. The van der Waals surface area contributed by atoms with Crippen molar-refractivity contribution in [3.8, 4) is 11.4 Å². The number of rotatable bonds is 3. The van der Waals surface area contributed by atoms with Gasteiger partial charge in [-0.25, -0.2) is 4.98 Å². The van der Waals surface area contributed by atoms with Gasteiger partial charge in [0.05, 0.1) is 6.20 Å². The van der Waals surface area contributed by atoms with Crippen LogP contribution in [0, 0.1) is 3.70 Å².